The number of carbonyl (C=O) groups excluding carboxylic acids is 1. The minimum Gasteiger partial charge on any atom is -0.352 e. The van der Waals surface area contributed by atoms with Crippen LogP contribution in [0.4, 0.5) is 14.6 Å². The average Bonchev–Trinajstić information content (AvgIpc) is 2.72. The van der Waals surface area contributed by atoms with Crippen LogP contribution in [-0.2, 0) is 0 Å². The van der Waals surface area contributed by atoms with Crippen LogP contribution in [0.3, 0.4) is 0 Å². The number of carbonyl (C=O) groups is 1. The molecule has 2 heterocycles. The highest BCUT2D eigenvalue weighted by molar-refractivity contribution is 6.00. The highest BCUT2D eigenvalue weighted by Crippen LogP contribution is 2.25. The minimum absolute atomic E-state index is 0.00889. The van der Waals surface area contributed by atoms with Crippen LogP contribution in [-0.4, -0.2) is 44.0 Å². The van der Waals surface area contributed by atoms with Crippen LogP contribution >= 0.6 is 0 Å². The highest BCUT2D eigenvalue weighted by atomic mass is 19.2. The molecule has 30 heavy (non-hydrogen) atoms. The van der Waals surface area contributed by atoms with Gasteiger partial charge in [-0.3, -0.25) is 4.79 Å². The number of halogens is 2. The summed E-state index contributed by atoms with van der Waals surface area (Å²) in [4.78, 5) is 31.4. The van der Waals surface area contributed by atoms with E-state index in [1.54, 1.807) is 19.1 Å². The quantitative estimate of drug-likeness (QED) is 0.595. The summed E-state index contributed by atoms with van der Waals surface area (Å²) in [6, 6.07) is 5.21. The summed E-state index contributed by atoms with van der Waals surface area (Å²) >= 11 is 0. The van der Waals surface area contributed by atoms with Gasteiger partial charge in [-0.15, -0.1) is 0 Å². The molecule has 1 amide bonds. The van der Waals surface area contributed by atoms with Crippen LogP contribution in [0, 0.1) is 25.5 Å². The van der Waals surface area contributed by atoms with Crippen LogP contribution in [0.2, 0.25) is 0 Å². The van der Waals surface area contributed by atoms with E-state index in [0.29, 0.717) is 24.6 Å². The lowest BCUT2D eigenvalue weighted by Crippen LogP contribution is -2.36. The zero-order valence-corrected chi connectivity index (χ0v) is 17.0. The molecule has 0 spiro atoms. The van der Waals surface area contributed by atoms with Crippen LogP contribution in [0.1, 0.15) is 35.2 Å². The van der Waals surface area contributed by atoms with E-state index in [-0.39, 0.29) is 23.6 Å². The largest absolute Gasteiger partial charge is 0.352 e. The maximum absolute atomic E-state index is 14.0. The van der Waals surface area contributed by atoms with Crippen molar-refractivity contribution in [1.82, 2.24) is 24.8 Å². The van der Waals surface area contributed by atoms with Gasteiger partial charge in [0.15, 0.2) is 17.5 Å². The molecule has 0 aliphatic rings. The number of rotatable bonds is 7. The summed E-state index contributed by atoms with van der Waals surface area (Å²) in [5.74, 6) is -1.31. The molecule has 9 heteroatoms. The van der Waals surface area contributed by atoms with Crippen molar-refractivity contribution < 1.29 is 13.6 Å². The van der Waals surface area contributed by atoms with Gasteiger partial charge in [-0.05, 0) is 38.5 Å². The fraction of sp³-hybridized carbons (Fsp3) is 0.286. The molecule has 0 radical (unpaired) electrons. The third-order valence-electron chi connectivity index (χ3n) is 4.30. The average molecular weight is 412 g/mol. The standard InChI is InChI=1S/C21H22F2N6O/c1-4-8-29(12-26-19-9-13(2)27-14(3)28-19)21(30)16-11-18(23)17(22)10-15(16)20-24-6-5-7-25-20/h5-7,9-11H,4,8,12H2,1-3H3,(H,26,27,28). The SMILES string of the molecule is CCCN(CNc1cc(C)nc(C)n1)C(=O)c1cc(F)c(F)cc1-c1ncccn1. The van der Waals surface area contributed by atoms with E-state index >= 15 is 0 Å². The van der Waals surface area contributed by atoms with Crippen molar-refractivity contribution in [2.24, 2.45) is 0 Å². The van der Waals surface area contributed by atoms with E-state index in [0.717, 1.165) is 17.8 Å². The van der Waals surface area contributed by atoms with E-state index < -0.39 is 17.5 Å². The zero-order valence-electron chi connectivity index (χ0n) is 17.0. The van der Waals surface area contributed by atoms with Gasteiger partial charge in [-0.1, -0.05) is 6.92 Å². The van der Waals surface area contributed by atoms with Crippen LogP contribution in [0.5, 0.6) is 0 Å². The van der Waals surface area contributed by atoms with Crippen LogP contribution in [0.15, 0.2) is 36.7 Å². The fourth-order valence-electron chi connectivity index (χ4n) is 3.02. The Balaban J connectivity index is 1.92. The molecule has 3 aromatic rings. The molecule has 0 aliphatic carbocycles. The normalized spacial score (nSPS) is 10.7. The Kier molecular flexibility index (Phi) is 6.61. The summed E-state index contributed by atoms with van der Waals surface area (Å²) in [6.07, 6.45) is 3.63. The van der Waals surface area contributed by atoms with Crippen molar-refractivity contribution >= 4 is 11.7 Å². The van der Waals surface area contributed by atoms with Gasteiger partial charge >= 0.3 is 0 Å². The van der Waals surface area contributed by atoms with Gasteiger partial charge in [0.25, 0.3) is 5.91 Å². The Morgan fingerprint density at radius 1 is 1.07 bits per heavy atom. The monoisotopic (exact) mass is 412 g/mol. The Morgan fingerprint density at radius 3 is 2.43 bits per heavy atom. The van der Waals surface area contributed by atoms with E-state index in [4.69, 9.17) is 0 Å². The van der Waals surface area contributed by atoms with Crippen molar-refractivity contribution in [1.29, 1.82) is 0 Å². The lowest BCUT2D eigenvalue weighted by atomic mass is 10.0. The lowest BCUT2D eigenvalue weighted by molar-refractivity contribution is 0.0767. The molecule has 1 N–H and O–H groups in total. The molecular formula is C21H22F2N6O. The van der Waals surface area contributed by atoms with E-state index in [1.807, 2.05) is 13.8 Å². The summed E-state index contributed by atoms with van der Waals surface area (Å²) in [7, 11) is 0. The second kappa shape index (κ2) is 9.34. The number of nitrogens with zero attached hydrogens (tertiary/aromatic N) is 5. The lowest BCUT2D eigenvalue weighted by Gasteiger charge is -2.24. The van der Waals surface area contributed by atoms with Gasteiger partial charge in [0.05, 0.1) is 12.2 Å². The number of amides is 1. The summed E-state index contributed by atoms with van der Waals surface area (Å²) in [5.41, 5.74) is 0.919. The number of nitrogens with one attached hydrogen (secondary N) is 1. The predicted octanol–water partition coefficient (Wildman–Crippen LogP) is 3.75. The second-order valence-corrected chi connectivity index (χ2v) is 6.73. The fourth-order valence-corrected chi connectivity index (χ4v) is 3.02. The van der Waals surface area contributed by atoms with Crippen LogP contribution < -0.4 is 5.32 Å². The first kappa shape index (κ1) is 21.2. The topological polar surface area (TPSA) is 83.9 Å². The van der Waals surface area contributed by atoms with Gasteiger partial charge in [-0.2, -0.15) is 0 Å². The van der Waals surface area contributed by atoms with Gasteiger partial charge in [0.2, 0.25) is 0 Å². The molecule has 0 saturated heterocycles. The molecule has 0 atom stereocenters. The van der Waals surface area contributed by atoms with Gasteiger partial charge < -0.3 is 10.2 Å². The van der Waals surface area contributed by atoms with Crippen molar-refractivity contribution in [2.75, 3.05) is 18.5 Å². The first-order valence-corrected chi connectivity index (χ1v) is 9.51. The molecule has 2 aromatic heterocycles. The van der Waals surface area contributed by atoms with E-state index in [2.05, 4.69) is 25.3 Å². The molecule has 0 aliphatic heterocycles. The number of hydrogen-bond donors (Lipinski definition) is 1. The minimum atomic E-state index is -1.11. The third-order valence-corrected chi connectivity index (χ3v) is 4.30. The van der Waals surface area contributed by atoms with Gasteiger partial charge in [-0.25, -0.2) is 28.7 Å². The Hall–Kier alpha value is -3.49. The molecule has 0 bridgehead atoms. The second-order valence-electron chi connectivity index (χ2n) is 6.73. The molecule has 156 valence electrons. The zero-order chi connectivity index (χ0) is 21.7. The van der Waals surface area contributed by atoms with E-state index in [9.17, 15) is 13.6 Å². The smallest absolute Gasteiger partial charge is 0.256 e. The maximum Gasteiger partial charge on any atom is 0.256 e. The molecule has 7 nitrogen and oxygen atoms in total. The summed E-state index contributed by atoms with van der Waals surface area (Å²) in [5, 5.41) is 3.10. The van der Waals surface area contributed by atoms with Crippen molar-refractivity contribution in [3.05, 3.63) is 65.4 Å². The first-order chi connectivity index (χ1) is 14.4. The summed E-state index contributed by atoms with van der Waals surface area (Å²) in [6.45, 7) is 6.09. The van der Waals surface area contributed by atoms with E-state index in [1.165, 1.54) is 17.3 Å². The third kappa shape index (κ3) is 4.91. The Morgan fingerprint density at radius 2 is 1.77 bits per heavy atom. The number of anilines is 1. The predicted molar refractivity (Wildman–Crippen MR) is 109 cm³/mol. The molecule has 0 unspecified atom stereocenters. The Labute approximate surface area is 173 Å². The molecule has 0 saturated carbocycles. The Bertz CT molecular complexity index is 1020. The maximum atomic E-state index is 14.0. The molecule has 0 fully saturated rings. The summed E-state index contributed by atoms with van der Waals surface area (Å²) < 4.78 is 27.9. The molecular weight excluding hydrogens is 390 g/mol. The van der Waals surface area contributed by atoms with Crippen molar-refractivity contribution in [3.63, 3.8) is 0 Å². The molecule has 3 rings (SSSR count). The first-order valence-electron chi connectivity index (χ1n) is 9.51. The van der Waals surface area contributed by atoms with Crippen LogP contribution in [0.25, 0.3) is 11.4 Å². The molecule has 1 aromatic carbocycles. The van der Waals surface area contributed by atoms with Gasteiger partial charge in [0, 0.05) is 36.3 Å². The van der Waals surface area contributed by atoms with Crippen molar-refractivity contribution in [3.8, 4) is 11.4 Å². The highest BCUT2D eigenvalue weighted by Gasteiger charge is 2.23. The van der Waals surface area contributed by atoms with Gasteiger partial charge in [0.1, 0.15) is 11.6 Å². The van der Waals surface area contributed by atoms with Crippen molar-refractivity contribution in [2.45, 2.75) is 27.2 Å². The number of hydrogen-bond acceptors (Lipinski definition) is 6. The number of aromatic nitrogens is 4. The number of benzene rings is 1. The number of aryl methyl sites for hydroxylation is 2.